The summed E-state index contributed by atoms with van der Waals surface area (Å²) in [7, 11) is -1.72. The zero-order valence-corrected chi connectivity index (χ0v) is 15.5. The average molecular weight is 355 g/mol. The van der Waals surface area contributed by atoms with Gasteiger partial charge < -0.3 is 9.16 Å². The third-order valence-electron chi connectivity index (χ3n) is 4.24. The van der Waals surface area contributed by atoms with Crippen LogP contribution in [0.5, 0.6) is 5.75 Å². The second-order valence-electron chi connectivity index (χ2n) is 6.71. The van der Waals surface area contributed by atoms with E-state index in [2.05, 4.69) is 61.9 Å². The maximum atomic E-state index is 6.32. The Bertz CT molecular complexity index is 530. The van der Waals surface area contributed by atoms with Crippen LogP contribution in [0.4, 0.5) is 0 Å². The normalized spacial score (nSPS) is 14.9. The summed E-state index contributed by atoms with van der Waals surface area (Å²) in [5.41, 5.74) is 2.34. The predicted molar refractivity (Wildman–Crippen MR) is 90.7 cm³/mol. The molecule has 0 amide bonds. The SMILES string of the molecule is CC(C)(C)[Si](C)(C)OCc1ccc(Br)c2c1C=CCO2. The molecular weight excluding hydrogens is 332 g/mol. The molecule has 4 heteroatoms. The highest BCUT2D eigenvalue weighted by molar-refractivity contribution is 9.10. The average Bonchev–Trinajstić information content (AvgIpc) is 2.37. The Morgan fingerprint density at radius 2 is 2.00 bits per heavy atom. The molecule has 0 bridgehead atoms. The van der Waals surface area contributed by atoms with Crippen molar-refractivity contribution in [3.8, 4) is 5.75 Å². The molecule has 0 unspecified atom stereocenters. The molecule has 1 aliphatic rings. The molecule has 0 aliphatic carbocycles. The second-order valence-corrected chi connectivity index (χ2v) is 12.4. The van der Waals surface area contributed by atoms with Crippen molar-refractivity contribution < 1.29 is 9.16 Å². The van der Waals surface area contributed by atoms with Gasteiger partial charge in [-0.05, 0) is 51.8 Å². The fourth-order valence-electron chi connectivity index (χ4n) is 1.84. The molecule has 0 saturated carbocycles. The fraction of sp³-hybridized carbons (Fsp3) is 0.500. The van der Waals surface area contributed by atoms with Crippen molar-refractivity contribution in [2.75, 3.05) is 6.61 Å². The number of ether oxygens (including phenoxy) is 1. The molecule has 0 saturated heterocycles. The minimum atomic E-state index is -1.72. The van der Waals surface area contributed by atoms with Crippen molar-refractivity contribution >= 4 is 30.3 Å². The molecule has 0 spiro atoms. The quantitative estimate of drug-likeness (QED) is 0.678. The molecule has 0 N–H and O–H groups in total. The molecule has 1 aliphatic heterocycles. The Balaban J connectivity index is 2.22. The van der Waals surface area contributed by atoms with Crippen LogP contribution in [0, 0.1) is 0 Å². The Morgan fingerprint density at radius 3 is 2.65 bits per heavy atom. The highest BCUT2D eigenvalue weighted by Crippen LogP contribution is 2.39. The van der Waals surface area contributed by atoms with E-state index in [0.717, 1.165) is 15.8 Å². The minimum Gasteiger partial charge on any atom is -0.488 e. The fourth-order valence-corrected chi connectivity index (χ4v) is 3.25. The summed E-state index contributed by atoms with van der Waals surface area (Å²) < 4.78 is 13.0. The predicted octanol–water partition coefficient (Wildman–Crippen LogP) is 5.38. The Labute approximate surface area is 131 Å². The van der Waals surface area contributed by atoms with Crippen molar-refractivity contribution in [1.29, 1.82) is 0 Å². The topological polar surface area (TPSA) is 18.5 Å². The summed E-state index contributed by atoms with van der Waals surface area (Å²) in [6, 6.07) is 4.16. The Hall–Kier alpha value is -0.583. The van der Waals surface area contributed by atoms with E-state index in [1.807, 2.05) is 12.1 Å². The first-order chi connectivity index (χ1) is 9.22. The number of benzene rings is 1. The molecule has 2 rings (SSSR count). The van der Waals surface area contributed by atoms with E-state index >= 15 is 0 Å². The van der Waals surface area contributed by atoms with Crippen LogP contribution >= 0.6 is 15.9 Å². The van der Waals surface area contributed by atoms with E-state index < -0.39 is 8.32 Å². The lowest BCUT2D eigenvalue weighted by Gasteiger charge is -2.36. The molecule has 20 heavy (non-hydrogen) atoms. The summed E-state index contributed by atoms with van der Waals surface area (Å²) >= 11 is 3.55. The Kier molecular flexibility index (Phi) is 4.47. The van der Waals surface area contributed by atoms with Crippen molar-refractivity contribution in [2.45, 2.75) is 45.5 Å². The van der Waals surface area contributed by atoms with Crippen LogP contribution in [0.15, 0.2) is 22.7 Å². The lowest BCUT2D eigenvalue weighted by molar-refractivity contribution is 0.274. The van der Waals surface area contributed by atoms with Gasteiger partial charge in [0.25, 0.3) is 0 Å². The van der Waals surface area contributed by atoms with Crippen molar-refractivity contribution in [1.82, 2.24) is 0 Å². The summed E-state index contributed by atoms with van der Waals surface area (Å²) in [5.74, 6) is 0.934. The van der Waals surface area contributed by atoms with E-state index in [-0.39, 0.29) is 5.04 Å². The number of rotatable bonds is 3. The smallest absolute Gasteiger partial charge is 0.192 e. The first-order valence-electron chi connectivity index (χ1n) is 6.97. The zero-order chi connectivity index (χ0) is 15.0. The molecule has 0 atom stereocenters. The van der Waals surface area contributed by atoms with E-state index in [4.69, 9.17) is 9.16 Å². The third kappa shape index (κ3) is 3.18. The summed E-state index contributed by atoms with van der Waals surface area (Å²) in [5, 5.41) is 0.231. The van der Waals surface area contributed by atoms with Gasteiger partial charge in [-0.15, -0.1) is 0 Å². The highest BCUT2D eigenvalue weighted by Gasteiger charge is 2.37. The first kappa shape index (κ1) is 15.8. The van der Waals surface area contributed by atoms with Crippen LogP contribution in [-0.2, 0) is 11.0 Å². The first-order valence-corrected chi connectivity index (χ1v) is 10.7. The van der Waals surface area contributed by atoms with E-state index in [9.17, 15) is 0 Å². The van der Waals surface area contributed by atoms with Gasteiger partial charge in [-0.1, -0.05) is 32.9 Å². The standard InChI is InChI=1S/C16H23BrO2Si/c1-16(2,3)20(4,5)19-11-12-8-9-14(17)15-13(12)7-6-10-18-15/h6-9H,10-11H2,1-5H3. The minimum absolute atomic E-state index is 0.231. The zero-order valence-electron chi connectivity index (χ0n) is 12.9. The van der Waals surface area contributed by atoms with Gasteiger partial charge in [-0.25, -0.2) is 0 Å². The molecule has 1 aromatic carbocycles. The van der Waals surface area contributed by atoms with Gasteiger partial charge in [0.1, 0.15) is 12.4 Å². The number of fused-ring (bicyclic) bond motifs is 1. The van der Waals surface area contributed by atoms with Crippen molar-refractivity contribution in [3.05, 3.63) is 33.8 Å². The van der Waals surface area contributed by atoms with Crippen LogP contribution < -0.4 is 4.74 Å². The van der Waals surface area contributed by atoms with E-state index in [1.165, 1.54) is 5.56 Å². The molecule has 0 radical (unpaired) electrons. The van der Waals surface area contributed by atoms with Crippen molar-refractivity contribution in [3.63, 3.8) is 0 Å². The molecule has 1 heterocycles. The van der Waals surface area contributed by atoms with Gasteiger partial charge in [0.2, 0.25) is 0 Å². The van der Waals surface area contributed by atoms with Crippen LogP contribution in [0.2, 0.25) is 18.1 Å². The van der Waals surface area contributed by atoms with E-state index in [0.29, 0.717) is 13.2 Å². The van der Waals surface area contributed by atoms with Gasteiger partial charge >= 0.3 is 0 Å². The number of hydrogen-bond donors (Lipinski definition) is 0. The van der Waals surface area contributed by atoms with Gasteiger partial charge in [0.05, 0.1) is 11.1 Å². The van der Waals surface area contributed by atoms with Crippen LogP contribution in [0.1, 0.15) is 31.9 Å². The van der Waals surface area contributed by atoms with Gasteiger partial charge in [0, 0.05) is 5.56 Å². The van der Waals surface area contributed by atoms with Crippen LogP contribution in [-0.4, -0.2) is 14.9 Å². The lowest BCUT2D eigenvalue weighted by Crippen LogP contribution is -2.40. The summed E-state index contributed by atoms with van der Waals surface area (Å²) in [4.78, 5) is 0. The molecule has 1 aromatic rings. The lowest BCUT2D eigenvalue weighted by atomic mass is 10.1. The maximum absolute atomic E-state index is 6.32. The molecule has 2 nitrogen and oxygen atoms in total. The molecule has 0 fully saturated rings. The third-order valence-corrected chi connectivity index (χ3v) is 9.34. The highest BCUT2D eigenvalue weighted by atomic mass is 79.9. The maximum Gasteiger partial charge on any atom is 0.192 e. The van der Waals surface area contributed by atoms with Crippen molar-refractivity contribution in [2.24, 2.45) is 0 Å². The van der Waals surface area contributed by atoms with Crippen LogP contribution in [0.25, 0.3) is 6.08 Å². The number of hydrogen-bond acceptors (Lipinski definition) is 2. The second kappa shape index (κ2) is 5.66. The largest absolute Gasteiger partial charge is 0.488 e. The summed E-state index contributed by atoms with van der Waals surface area (Å²) in [6.45, 7) is 12.6. The molecule has 110 valence electrons. The molecular formula is C16H23BrO2Si. The van der Waals surface area contributed by atoms with Crippen LogP contribution in [0.3, 0.4) is 0 Å². The van der Waals surface area contributed by atoms with E-state index in [1.54, 1.807) is 0 Å². The number of halogens is 1. The van der Waals surface area contributed by atoms with Gasteiger partial charge in [0.15, 0.2) is 8.32 Å². The summed E-state index contributed by atoms with van der Waals surface area (Å²) in [6.07, 6.45) is 4.18. The Morgan fingerprint density at radius 1 is 1.30 bits per heavy atom. The monoisotopic (exact) mass is 354 g/mol. The van der Waals surface area contributed by atoms with Gasteiger partial charge in [-0.2, -0.15) is 0 Å². The molecule has 0 aromatic heterocycles. The van der Waals surface area contributed by atoms with Gasteiger partial charge in [-0.3, -0.25) is 0 Å².